The Balaban J connectivity index is 2.06. The molecule has 2 aromatic rings. The Bertz CT molecular complexity index is 583. The maximum atomic E-state index is 11.8. The number of esters is 1. The SMILES string of the molecule is Cn1nnc(COC(=O)c2cccc(N)c2Cl)n1. The molecule has 0 saturated heterocycles. The molecule has 0 amide bonds. The van der Waals surface area contributed by atoms with E-state index in [0.717, 1.165) is 0 Å². The Hall–Kier alpha value is -2.15. The lowest BCUT2D eigenvalue weighted by molar-refractivity contribution is 0.0462. The number of rotatable bonds is 3. The molecule has 0 aliphatic rings. The van der Waals surface area contributed by atoms with Gasteiger partial charge in [-0.3, -0.25) is 0 Å². The second-order valence-corrected chi connectivity index (χ2v) is 3.86. The number of carbonyl (C=O) groups excluding carboxylic acids is 1. The van der Waals surface area contributed by atoms with E-state index in [0.29, 0.717) is 11.5 Å². The molecule has 0 atom stereocenters. The van der Waals surface area contributed by atoms with Gasteiger partial charge in [-0.15, -0.1) is 10.2 Å². The van der Waals surface area contributed by atoms with E-state index in [2.05, 4.69) is 15.4 Å². The molecule has 7 nitrogen and oxygen atoms in total. The summed E-state index contributed by atoms with van der Waals surface area (Å²) in [6.45, 7) is -0.0716. The van der Waals surface area contributed by atoms with Gasteiger partial charge in [-0.25, -0.2) is 4.79 Å². The summed E-state index contributed by atoms with van der Waals surface area (Å²) in [6, 6.07) is 4.76. The molecule has 2 N–H and O–H groups in total. The Morgan fingerprint density at radius 3 is 3.00 bits per heavy atom. The van der Waals surface area contributed by atoms with Crippen LogP contribution in [0.4, 0.5) is 5.69 Å². The summed E-state index contributed by atoms with van der Waals surface area (Å²) in [5.74, 6) is -0.273. The van der Waals surface area contributed by atoms with Crippen LogP contribution >= 0.6 is 11.6 Å². The molecule has 18 heavy (non-hydrogen) atoms. The van der Waals surface area contributed by atoms with Gasteiger partial charge in [-0.1, -0.05) is 17.7 Å². The number of hydrogen-bond donors (Lipinski definition) is 1. The highest BCUT2D eigenvalue weighted by Gasteiger charge is 2.14. The first-order valence-corrected chi connectivity index (χ1v) is 5.39. The Labute approximate surface area is 107 Å². The predicted molar refractivity (Wildman–Crippen MR) is 63.8 cm³/mol. The van der Waals surface area contributed by atoms with Gasteiger partial charge in [0.15, 0.2) is 6.61 Å². The quantitative estimate of drug-likeness (QED) is 0.653. The van der Waals surface area contributed by atoms with Crippen LogP contribution in [0.1, 0.15) is 16.2 Å². The minimum atomic E-state index is -0.584. The molecule has 1 aromatic carbocycles. The first-order chi connectivity index (χ1) is 8.58. The van der Waals surface area contributed by atoms with E-state index >= 15 is 0 Å². The van der Waals surface area contributed by atoms with Gasteiger partial charge in [0.1, 0.15) is 0 Å². The third kappa shape index (κ3) is 2.57. The first kappa shape index (κ1) is 12.3. The molecule has 0 aliphatic carbocycles. The molecule has 0 fully saturated rings. The molecule has 8 heteroatoms. The molecule has 1 aromatic heterocycles. The van der Waals surface area contributed by atoms with Gasteiger partial charge < -0.3 is 10.5 Å². The topological polar surface area (TPSA) is 95.9 Å². The number of ether oxygens (including phenoxy) is 1. The van der Waals surface area contributed by atoms with Gasteiger partial charge >= 0.3 is 5.97 Å². The highest BCUT2D eigenvalue weighted by Crippen LogP contribution is 2.23. The van der Waals surface area contributed by atoms with Crippen LogP contribution in [0.3, 0.4) is 0 Å². The number of anilines is 1. The van der Waals surface area contributed by atoms with Crippen LogP contribution in [0.15, 0.2) is 18.2 Å². The van der Waals surface area contributed by atoms with Crippen LogP contribution < -0.4 is 5.73 Å². The lowest BCUT2D eigenvalue weighted by Gasteiger charge is -2.05. The van der Waals surface area contributed by atoms with E-state index < -0.39 is 5.97 Å². The summed E-state index contributed by atoms with van der Waals surface area (Å²) in [5, 5.41) is 11.4. The second-order valence-electron chi connectivity index (χ2n) is 3.48. The van der Waals surface area contributed by atoms with Crippen LogP contribution in [0.2, 0.25) is 5.02 Å². The summed E-state index contributed by atoms with van der Waals surface area (Å²) in [7, 11) is 1.62. The van der Waals surface area contributed by atoms with Crippen molar-refractivity contribution in [2.75, 3.05) is 5.73 Å². The van der Waals surface area contributed by atoms with E-state index in [-0.39, 0.29) is 17.2 Å². The number of aryl methyl sites for hydroxylation is 1. The summed E-state index contributed by atoms with van der Waals surface area (Å²) in [6.07, 6.45) is 0. The molecule has 0 bridgehead atoms. The normalized spacial score (nSPS) is 10.3. The number of halogens is 1. The van der Waals surface area contributed by atoms with Crippen molar-refractivity contribution in [1.29, 1.82) is 0 Å². The molecular formula is C10H10ClN5O2. The maximum Gasteiger partial charge on any atom is 0.340 e. The second kappa shape index (κ2) is 5.01. The van der Waals surface area contributed by atoms with Crippen molar-refractivity contribution >= 4 is 23.3 Å². The molecule has 2 rings (SSSR count). The number of benzene rings is 1. The number of nitrogen functional groups attached to an aromatic ring is 1. The van der Waals surface area contributed by atoms with Gasteiger partial charge in [-0.2, -0.15) is 4.80 Å². The van der Waals surface area contributed by atoms with E-state index in [4.69, 9.17) is 22.1 Å². The van der Waals surface area contributed by atoms with Crippen molar-refractivity contribution in [3.05, 3.63) is 34.6 Å². The van der Waals surface area contributed by atoms with Gasteiger partial charge in [0.05, 0.1) is 23.3 Å². The van der Waals surface area contributed by atoms with Gasteiger partial charge in [0.2, 0.25) is 5.82 Å². The Morgan fingerprint density at radius 1 is 1.56 bits per heavy atom. The van der Waals surface area contributed by atoms with Crippen molar-refractivity contribution in [2.24, 2.45) is 7.05 Å². The van der Waals surface area contributed by atoms with Crippen molar-refractivity contribution in [3.63, 3.8) is 0 Å². The Morgan fingerprint density at radius 2 is 2.33 bits per heavy atom. The van der Waals surface area contributed by atoms with Gasteiger partial charge in [-0.05, 0) is 17.3 Å². The third-order valence-electron chi connectivity index (χ3n) is 2.13. The fourth-order valence-corrected chi connectivity index (χ4v) is 1.50. The standard InChI is InChI=1S/C10H10ClN5O2/c1-16-14-8(13-15-16)5-18-10(17)6-3-2-4-7(12)9(6)11/h2-4H,5,12H2,1H3. The van der Waals surface area contributed by atoms with Crippen molar-refractivity contribution in [1.82, 2.24) is 20.2 Å². The minimum Gasteiger partial charge on any atom is -0.454 e. The molecule has 1 heterocycles. The van der Waals surface area contributed by atoms with Gasteiger partial charge in [0, 0.05) is 0 Å². The van der Waals surface area contributed by atoms with Crippen LogP contribution in [0, 0.1) is 0 Å². The minimum absolute atomic E-state index is 0.0716. The largest absolute Gasteiger partial charge is 0.454 e. The highest BCUT2D eigenvalue weighted by atomic mass is 35.5. The number of tetrazole rings is 1. The molecule has 0 unspecified atom stereocenters. The molecule has 0 spiro atoms. The average molecular weight is 268 g/mol. The smallest absolute Gasteiger partial charge is 0.340 e. The fraction of sp³-hybridized carbons (Fsp3) is 0.200. The van der Waals surface area contributed by atoms with Crippen LogP contribution in [0.25, 0.3) is 0 Å². The number of hydrogen-bond acceptors (Lipinski definition) is 6. The van der Waals surface area contributed by atoms with E-state index in [9.17, 15) is 4.79 Å². The number of carbonyl (C=O) groups is 1. The van der Waals surface area contributed by atoms with Gasteiger partial charge in [0.25, 0.3) is 0 Å². The summed E-state index contributed by atoms with van der Waals surface area (Å²) >= 11 is 5.90. The number of aromatic nitrogens is 4. The third-order valence-corrected chi connectivity index (χ3v) is 2.55. The predicted octanol–water partition coefficient (Wildman–Crippen LogP) is 0.803. The monoisotopic (exact) mass is 267 g/mol. The van der Waals surface area contributed by atoms with E-state index in [1.165, 1.54) is 10.9 Å². The molecule has 0 radical (unpaired) electrons. The first-order valence-electron chi connectivity index (χ1n) is 5.02. The molecular weight excluding hydrogens is 258 g/mol. The molecule has 0 saturated carbocycles. The zero-order valence-corrected chi connectivity index (χ0v) is 10.3. The van der Waals surface area contributed by atoms with E-state index in [1.807, 2.05) is 0 Å². The zero-order valence-electron chi connectivity index (χ0n) is 9.50. The lowest BCUT2D eigenvalue weighted by Crippen LogP contribution is -2.08. The number of nitrogens with two attached hydrogens (primary N) is 1. The average Bonchev–Trinajstić information content (AvgIpc) is 2.76. The summed E-state index contributed by atoms with van der Waals surface area (Å²) in [5.41, 5.74) is 6.12. The fourth-order valence-electron chi connectivity index (χ4n) is 1.30. The summed E-state index contributed by atoms with van der Waals surface area (Å²) in [4.78, 5) is 13.0. The van der Waals surface area contributed by atoms with Crippen LogP contribution in [0.5, 0.6) is 0 Å². The van der Waals surface area contributed by atoms with Crippen LogP contribution in [-0.2, 0) is 18.4 Å². The van der Waals surface area contributed by atoms with Crippen molar-refractivity contribution in [2.45, 2.75) is 6.61 Å². The van der Waals surface area contributed by atoms with Crippen molar-refractivity contribution in [3.8, 4) is 0 Å². The summed E-state index contributed by atoms with van der Waals surface area (Å²) < 4.78 is 5.01. The zero-order chi connectivity index (χ0) is 13.1. The lowest BCUT2D eigenvalue weighted by atomic mass is 10.2. The van der Waals surface area contributed by atoms with Crippen LogP contribution in [-0.4, -0.2) is 26.2 Å². The molecule has 94 valence electrons. The Kier molecular flexibility index (Phi) is 3.42. The van der Waals surface area contributed by atoms with Crippen molar-refractivity contribution < 1.29 is 9.53 Å². The highest BCUT2D eigenvalue weighted by molar-refractivity contribution is 6.36. The molecule has 0 aliphatic heterocycles. The van der Waals surface area contributed by atoms with E-state index in [1.54, 1.807) is 19.2 Å². The number of nitrogens with zero attached hydrogens (tertiary/aromatic N) is 4. The maximum absolute atomic E-state index is 11.8.